The Labute approximate surface area is 135 Å². The van der Waals surface area contributed by atoms with Gasteiger partial charge in [0.05, 0.1) is 22.5 Å². The van der Waals surface area contributed by atoms with Gasteiger partial charge in [0, 0.05) is 5.69 Å². The van der Waals surface area contributed by atoms with Crippen molar-refractivity contribution in [3.8, 4) is 6.07 Å². The first kappa shape index (κ1) is 15.2. The molecule has 0 saturated heterocycles. The summed E-state index contributed by atoms with van der Waals surface area (Å²) in [6, 6.07) is 15.0. The maximum atomic E-state index is 12.2. The lowest BCUT2D eigenvalue weighted by atomic mass is 10.2. The van der Waals surface area contributed by atoms with Crippen molar-refractivity contribution < 1.29 is 4.79 Å². The molecule has 0 saturated carbocycles. The van der Waals surface area contributed by atoms with Crippen LogP contribution in [0.2, 0.25) is 0 Å². The molecule has 0 bridgehead atoms. The van der Waals surface area contributed by atoms with Gasteiger partial charge in [0.1, 0.15) is 6.54 Å². The number of H-pyrrole nitrogens is 1. The van der Waals surface area contributed by atoms with Gasteiger partial charge < -0.3 is 5.32 Å². The molecule has 3 rings (SSSR count). The Morgan fingerprint density at radius 1 is 1.17 bits per heavy atom. The number of carbonyl (C=O) groups is 1. The van der Waals surface area contributed by atoms with Crippen LogP contribution in [-0.2, 0) is 11.3 Å². The van der Waals surface area contributed by atoms with Gasteiger partial charge in [-0.2, -0.15) is 5.26 Å². The topological polar surface area (TPSA) is 108 Å². The van der Waals surface area contributed by atoms with Crippen molar-refractivity contribution >= 4 is 22.5 Å². The summed E-state index contributed by atoms with van der Waals surface area (Å²) in [6.07, 6.45) is 0. The third-order valence-electron chi connectivity index (χ3n) is 3.48. The van der Waals surface area contributed by atoms with Crippen LogP contribution in [0, 0.1) is 11.3 Å². The first-order valence-corrected chi connectivity index (χ1v) is 7.10. The number of hydrogen-bond donors (Lipinski definition) is 2. The highest BCUT2D eigenvalue weighted by Crippen LogP contribution is 2.11. The number of rotatable bonds is 3. The van der Waals surface area contributed by atoms with E-state index in [1.54, 1.807) is 42.5 Å². The number of amides is 1. The molecule has 0 fully saturated rings. The molecule has 2 N–H and O–H groups in total. The third-order valence-corrected chi connectivity index (χ3v) is 3.48. The third kappa shape index (κ3) is 2.94. The van der Waals surface area contributed by atoms with Crippen molar-refractivity contribution in [2.45, 2.75) is 6.54 Å². The van der Waals surface area contributed by atoms with E-state index in [4.69, 9.17) is 5.26 Å². The molecule has 0 atom stereocenters. The van der Waals surface area contributed by atoms with E-state index >= 15 is 0 Å². The second kappa shape index (κ2) is 6.22. The summed E-state index contributed by atoms with van der Waals surface area (Å²) >= 11 is 0. The van der Waals surface area contributed by atoms with Gasteiger partial charge in [-0.05, 0) is 30.3 Å². The van der Waals surface area contributed by atoms with Crippen molar-refractivity contribution in [3.05, 3.63) is 74.9 Å². The minimum Gasteiger partial charge on any atom is -0.324 e. The van der Waals surface area contributed by atoms with Gasteiger partial charge in [-0.3, -0.25) is 19.1 Å². The largest absolute Gasteiger partial charge is 0.329 e. The smallest absolute Gasteiger partial charge is 0.324 e. The molecule has 3 aromatic rings. The zero-order chi connectivity index (χ0) is 17.1. The fourth-order valence-electron chi connectivity index (χ4n) is 2.41. The number of aromatic amines is 1. The highest BCUT2D eigenvalue weighted by molar-refractivity contribution is 5.91. The molecule has 0 aliphatic carbocycles. The number of benzene rings is 2. The Morgan fingerprint density at radius 2 is 1.96 bits per heavy atom. The minimum absolute atomic E-state index is 0.257. The second-order valence-corrected chi connectivity index (χ2v) is 5.10. The van der Waals surface area contributed by atoms with Gasteiger partial charge in [0.25, 0.3) is 5.56 Å². The number of fused-ring (bicyclic) bond motifs is 1. The van der Waals surface area contributed by atoms with Crippen LogP contribution in [0.25, 0.3) is 10.9 Å². The van der Waals surface area contributed by atoms with Crippen LogP contribution in [0.1, 0.15) is 5.56 Å². The standard InChI is InChI=1S/C17H12N4O3/c18-9-11-4-3-5-12(8-11)19-15(22)10-21-14-7-2-1-6-13(14)16(23)20-17(21)24/h1-8H,10H2,(H,19,22)(H,20,23,24). The Balaban J connectivity index is 1.92. The summed E-state index contributed by atoms with van der Waals surface area (Å²) in [5.74, 6) is -0.440. The molecule has 0 aliphatic heterocycles. The molecular weight excluding hydrogens is 308 g/mol. The number of nitrogens with zero attached hydrogens (tertiary/aromatic N) is 2. The van der Waals surface area contributed by atoms with Crippen molar-refractivity contribution in [2.24, 2.45) is 0 Å². The molecule has 0 radical (unpaired) electrons. The first-order chi connectivity index (χ1) is 11.6. The fraction of sp³-hybridized carbons (Fsp3) is 0.0588. The molecule has 1 heterocycles. The Bertz CT molecular complexity index is 1090. The van der Waals surface area contributed by atoms with Gasteiger partial charge in [0.15, 0.2) is 0 Å². The molecule has 7 heteroatoms. The number of aromatic nitrogens is 2. The van der Waals surface area contributed by atoms with Crippen molar-refractivity contribution in [1.82, 2.24) is 9.55 Å². The average Bonchev–Trinajstić information content (AvgIpc) is 2.59. The maximum absolute atomic E-state index is 12.2. The average molecular weight is 320 g/mol. The van der Waals surface area contributed by atoms with Crippen molar-refractivity contribution in [1.29, 1.82) is 5.26 Å². The quantitative estimate of drug-likeness (QED) is 0.756. The monoisotopic (exact) mass is 320 g/mol. The van der Waals surface area contributed by atoms with Crippen molar-refractivity contribution in [2.75, 3.05) is 5.32 Å². The van der Waals surface area contributed by atoms with Gasteiger partial charge >= 0.3 is 5.69 Å². The van der Waals surface area contributed by atoms with Crippen LogP contribution < -0.4 is 16.6 Å². The van der Waals surface area contributed by atoms with E-state index in [2.05, 4.69) is 10.3 Å². The van der Waals surface area contributed by atoms with E-state index in [-0.39, 0.29) is 6.54 Å². The number of para-hydroxylation sites is 1. The highest BCUT2D eigenvalue weighted by Gasteiger charge is 2.11. The van der Waals surface area contributed by atoms with Crippen LogP contribution in [0.4, 0.5) is 5.69 Å². The molecule has 24 heavy (non-hydrogen) atoms. The van der Waals surface area contributed by atoms with Gasteiger partial charge in [-0.1, -0.05) is 18.2 Å². The lowest BCUT2D eigenvalue weighted by Gasteiger charge is -2.10. The molecule has 0 unspecified atom stereocenters. The van der Waals surface area contributed by atoms with Crippen LogP contribution in [0.3, 0.4) is 0 Å². The summed E-state index contributed by atoms with van der Waals surface area (Å²) in [5, 5.41) is 11.8. The Kier molecular flexibility index (Phi) is 3.95. The number of hydrogen-bond acceptors (Lipinski definition) is 4. The predicted molar refractivity (Wildman–Crippen MR) is 88.6 cm³/mol. The van der Waals surface area contributed by atoms with Gasteiger partial charge in [0.2, 0.25) is 5.91 Å². The summed E-state index contributed by atoms with van der Waals surface area (Å²) in [5.41, 5.74) is 0.112. The Morgan fingerprint density at radius 3 is 2.75 bits per heavy atom. The van der Waals surface area contributed by atoms with Crippen LogP contribution in [-0.4, -0.2) is 15.5 Å². The lowest BCUT2D eigenvalue weighted by molar-refractivity contribution is -0.116. The molecule has 2 aromatic carbocycles. The van der Waals surface area contributed by atoms with Crippen LogP contribution >= 0.6 is 0 Å². The summed E-state index contributed by atoms with van der Waals surface area (Å²) in [4.78, 5) is 38.2. The molecule has 7 nitrogen and oxygen atoms in total. The van der Waals surface area contributed by atoms with Crippen LogP contribution in [0.15, 0.2) is 58.1 Å². The van der Waals surface area contributed by atoms with E-state index < -0.39 is 17.2 Å². The lowest BCUT2D eigenvalue weighted by Crippen LogP contribution is -2.34. The number of nitrogens with one attached hydrogen (secondary N) is 2. The zero-order valence-corrected chi connectivity index (χ0v) is 12.4. The SMILES string of the molecule is N#Cc1cccc(NC(=O)Cn2c(=O)[nH]c(=O)c3ccccc32)c1. The van der Waals surface area contributed by atoms with Gasteiger partial charge in [-0.15, -0.1) is 0 Å². The summed E-state index contributed by atoms with van der Waals surface area (Å²) in [6.45, 7) is -0.257. The number of nitriles is 1. The van der Waals surface area contributed by atoms with Crippen LogP contribution in [0.5, 0.6) is 0 Å². The Hall–Kier alpha value is -3.66. The van der Waals surface area contributed by atoms with E-state index in [1.165, 1.54) is 10.6 Å². The van der Waals surface area contributed by atoms with E-state index in [1.807, 2.05) is 6.07 Å². The maximum Gasteiger partial charge on any atom is 0.329 e. The van der Waals surface area contributed by atoms with E-state index in [9.17, 15) is 14.4 Å². The molecule has 1 aromatic heterocycles. The fourth-order valence-corrected chi connectivity index (χ4v) is 2.41. The number of carbonyl (C=O) groups excluding carboxylic acids is 1. The van der Waals surface area contributed by atoms with E-state index in [0.29, 0.717) is 22.2 Å². The van der Waals surface area contributed by atoms with Crippen molar-refractivity contribution in [3.63, 3.8) is 0 Å². The number of anilines is 1. The predicted octanol–water partition coefficient (Wildman–Crippen LogP) is 1.20. The highest BCUT2D eigenvalue weighted by atomic mass is 16.2. The first-order valence-electron chi connectivity index (χ1n) is 7.10. The molecule has 1 amide bonds. The molecule has 0 aliphatic rings. The van der Waals surface area contributed by atoms with Gasteiger partial charge in [-0.25, -0.2) is 4.79 Å². The normalized spacial score (nSPS) is 10.3. The summed E-state index contributed by atoms with van der Waals surface area (Å²) in [7, 11) is 0. The minimum atomic E-state index is -0.653. The second-order valence-electron chi connectivity index (χ2n) is 5.10. The molecule has 0 spiro atoms. The molecule has 118 valence electrons. The zero-order valence-electron chi connectivity index (χ0n) is 12.4. The molecular formula is C17H12N4O3. The summed E-state index contributed by atoms with van der Waals surface area (Å²) < 4.78 is 1.19. The van der Waals surface area contributed by atoms with E-state index in [0.717, 1.165) is 0 Å².